The highest BCUT2D eigenvalue weighted by atomic mass is 16.6. The van der Waals surface area contributed by atoms with Crippen molar-refractivity contribution < 1.29 is 27.9 Å². The van der Waals surface area contributed by atoms with Gasteiger partial charge >= 0.3 is 6.47 Å². The van der Waals surface area contributed by atoms with Gasteiger partial charge in [-0.15, -0.1) is 0 Å². The van der Waals surface area contributed by atoms with Crippen LogP contribution >= 0.6 is 0 Å². The van der Waals surface area contributed by atoms with E-state index < -0.39 is 0 Å². The fourth-order valence-electron chi connectivity index (χ4n) is 1.91. The third-order valence-electron chi connectivity index (χ3n) is 3.18. The van der Waals surface area contributed by atoms with Crippen molar-refractivity contribution in [3.63, 3.8) is 0 Å². The molecule has 0 saturated carbocycles. The molecule has 2 aromatic heterocycles. The van der Waals surface area contributed by atoms with Gasteiger partial charge in [0.25, 0.3) is 12.4 Å². The largest absolute Gasteiger partial charge is 0.467 e. The monoisotopic (exact) mass is 336 g/mol. The molecule has 0 bridgehead atoms. The number of hydrogen-bond donors (Lipinski definition) is 0. The van der Waals surface area contributed by atoms with E-state index in [0.29, 0.717) is 26.0 Å². The summed E-state index contributed by atoms with van der Waals surface area (Å²) in [6, 6.07) is 7.33. The van der Waals surface area contributed by atoms with Gasteiger partial charge in [-0.05, 0) is 24.6 Å². The molecule has 0 N–H and O–H groups in total. The van der Waals surface area contributed by atoms with Gasteiger partial charge in [0.1, 0.15) is 17.3 Å². The van der Waals surface area contributed by atoms with Crippen molar-refractivity contribution in [3.05, 3.63) is 41.5 Å². The highest BCUT2D eigenvalue weighted by molar-refractivity contribution is 5.42. The van der Waals surface area contributed by atoms with E-state index in [-0.39, 0.29) is 5.95 Å². The van der Waals surface area contributed by atoms with Gasteiger partial charge in [-0.3, -0.25) is 9.59 Å². The summed E-state index contributed by atoms with van der Waals surface area (Å²) in [5, 5.41) is 0. The second-order valence-electron chi connectivity index (χ2n) is 4.98. The minimum Gasteiger partial charge on any atom is -0.467 e. The van der Waals surface area contributed by atoms with Gasteiger partial charge in [-0.2, -0.15) is 0 Å². The highest BCUT2D eigenvalue weighted by Crippen LogP contribution is 2.16. The average molecular weight is 336 g/mol. The predicted molar refractivity (Wildman–Crippen MR) is 87.8 cm³/mol. The van der Waals surface area contributed by atoms with Crippen LogP contribution in [-0.4, -0.2) is 19.6 Å². The first kappa shape index (κ1) is 19.5. The normalized spacial score (nSPS) is 9.75. The maximum atomic E-state index is 9.92. The lowest BCUT2D eigenvalue weighted by Crippen LogP contribution is -1.94. The van der Waals surface area contributed by atoms with Crippen molar-refractivity contribution in [2.45, 2.75) is 46.0 Å². The van der Waals surface area contributed by atoms with Gasteiger partial charge < -0.3 is 18.3 Å². The van der Waals surface area contributed by atoms with E-state index in [1.165, 1.54) is 0 Å². The van der Waals surface area contributed by atoms with Crippen molar-refractivity contribution in [2.75, 3.05) is 6.61 Å². The van der Waals surface area contributed by atoms with E-state index in [1.54, 1.807) is 6.07 Å². The lowest BCUT2D eigenvalue weighted by Gasteiger charge is -1.94. The zero-order valence-electron chi connectivity index (χ0n) is 14.2. The summed E-state index contributed by atoms with van der Waals surface area (Å²) in [6.07, 6.45) is 4.67. The molecular formula is C18H24O6. The molecule has 0 aliphatic carbocycles. The lowest BCUT2D eigenvalue weighted by molar-refractivity contribution is -0.128. The number of unbranched alkanes of at least 4 members (excludes halogenated alkanes) is 1. The number of ether oxygens (including phenoxy) is 2. The Morgan fingerprint density at radius 1 is 0.917 bits per heavy atom. The molecule has 24 heavy (non-hydrogen) atoms. The molecule has 2 aromatic rings. The molecule has 0 amide bonds. The van der Waals surface area contributed by atoms with Crippen LogP contribution in [0.5, 0.6) is 5.95 Å². The van der Waals surface area contributed by atoms with Crippen molar-refractivity contribution in [1.29, 1.82) is 0 Å². The molecule has 0 atom stereocenters. The maximum Gasteiger partial charge on any atom is 0.300 e. The zero-order valence-corrected chi connectivity index (χ0v) is 14.2. The first-order valence-corrected chi connectivity index (χ1v) is 8.05. The fourth-order valence-corrected chi connectivity index (χ4v) is 1.91. The summed E-state index contributed by atoms with van der Waals surface area (Å²) in [6.45, 7) is 5.35. The van der Waals surface area contributed by atoms with E-state index >= 15 is 0 Å². The molecule has 0 aromatic carbocycles. The van der Waals surface area contributed by atoms with Crippen molar-refractivity contribution in [1.82, 2.24) is 0 Å². The van der Waals surface area contributed by atoms with Crippen molar-refractivity contribution in [3.8, 4) is 5.95 Å². The van der Waals surface area contributed by atoms with Crippen LogP contribution in [0.15, 0.2) is 33.1 Å². The summed E-state index contributed by atoms with van der Waals surface area (Å²) >= 11 is 0. The van der Waals surface area contributed by atoms with Gasteiger partial charge in [-0.25, -0.2) is 0 Å². The molecular weight excluding hydrogens is 312 g/mol. The second kappa shape index (κ2) is 12.0. The summed E-state index contributed by atoms with van der Waals surface area (Å²) in [4.78, 5) is 19.7. The molecule has 0 aliphatic rings. The van der Waals surface area contributed by atoms with Crippen LogP contribution < -0.4 is 4.74 Å². The highest BCUT2D eigenvalue weighted by Gasteiger charge is 2.01. The van der Waals surface area contributed by atoms with Gasteiger partial charge in [-0.1, -0.05) is 20.3 Å². The standard InChI is InChI=1S/2C9H12O3/c1-2-8-3-4-9(12-8)5-6-11-7-10;1-2-3-4-8-5-6-9(12-8)11-7-10/h3-4,7H,2,5-6H2,1H3;5-7H,2-4H2,1H3. The van der Waals surface area contributed by atoms with Crippen LogP contribution in [0.3, 0.4) is 0 Å². The first-order valence-electron chi connectivity index (χ1n) is 8.05. The molecule has 0 unspecified atom stereocenters. The smallest absolute Gasteiger partial charge is 0.300 e. The number of hydrogen-bond acceptors (Lipinski definition) is 6. The van der Waals surface area contributed by atoms with Crippen molar-refractivity contribution in [2.24, 2.45) is 0 Å². The molecule has 0 radical (unpaired) electrons. The van der Waals surface area contributed by atoms with Gasteiger partial charge in [0.15, 0.2) is 0 Å². The first-order chi connectivity index (χ1) is 11.7. The van der Waals surface area contributed by atoms with Crippen LogP contribution in [0.25, 0.3) is 0 Å². The number of furan rings is 2. The van der Waals surface area contributed by atoms with E-state index in [1.807, 2.05) is 25.1 Å². The maximum absolute atomic E-state index is 9.92. The number of aryl methyl sites for hydroxylation is 2. The summed E-state index contributed by atoms with van der Waals surface area (Å²) in [7, 11) is 0. The molecule has 0 saturated heterocycles. The molecule has 132 valence electrons. The average Bonchev–Trinajstić information content (AvgIpc) is 3.23. The third-order valence-corrected chi connectivity index (χ3v) is 3.18. The molecule has 2 heterocycles. The van der Waals surface area contributed by atoms with Crippen LogP contribution in [0.1, 0.15) is 44.0 Å². The molecule has 0 aliphatic heterocycles. The van der Waals surface area contributed by atoms with Gasteiger partial charge in [0, 0.05) is 25.3 Å². The number of carbonyl (C=O) groups excluding carboxylic acids is 2. The Kier molecular flexibility index (Phi) is 9.76. The molecule has 6 heteroatoms. The molecule has 6 nitrogen and oxygen atoms in total. The molecule has 0 fully saturated rings. The molecule has 2 rings (SSSR count). The summed E-state index contributed by atoms with van der Waals surface area (Å²) in [5.41, 5.74) is 0. The lowest BCUT2D eigenvalue weighted by atomic mass is 10.2. The Bertz CT molecular complexity index is 584. The Morgan fingerprint density at radius 3 is 2.25 bits per heavy atom. The van der Waals surface area contributed by atoms with Gasteiger partial charge in [0.2, 0.25) is 0 Å². The van der Waals surface area contributed by atoms with E-state index in [4.69, 9.17) is 8.83 Å². The Labute approximate surface area is 141 Å². The summed E-state index contributed by atoms with van der Waals surface area (Å²) in [5.74, 6) is 2.98. The topological polar surface area (TPSA) is 78.9 Å². The van der Waals surface area contributed by atoms with Crippen LogP contribution in [-0.2, 0) is 33.6 Å². The SMILES string of the molecule is CCCCc1ccc(OC=O)o1.CCc1ccc(CCOC=O)o1. The Hall–Kier alpha value is -2.50. The second-order valence-corrected chi connectivity index (χ2v) is 4.98. The zero-order chi connectivity index (χ0) is 17.6. The number of carbonyl (C=O) groups is 2. The van der Waals surface area contributed by atoms with Gasteiger partial charge in [0.05, 0.1) is 6.61 Å². The summed E-state index contributed by atoms with van der Waals surface area (Å²) < 4.78 is 19.6. The molecule has 0 spiro atoms. The van der Waals surface area contributed by atoms with E-state index in [2.05, 4.69) is 16.4 Å². The quantitative estimate of drug-likeness (QED) is 0.486. The Balaban J connectivity index is 0.000000240. The minimum absolute atomic E-state index is 0.274. The fraction of sp³-hybridized carbons (Fsp3) is 0.444. The van der Waals surface area contributed by atoms with E-state index in [9.17, 15) is 9.59 Å². The predicted octanol–water partition coefficient (Wildman–Crippen LogP) is 3.71. The Morgan fingerprint density at radius 2 is 1.62 bits per heavy atom. The van der Waals surface area contributed by atoms with Crippen LogP contribution in [0, 0.1) is 0 Å². The number of rotatable bonds is 10. The van der Waals surface area contributed by atoms with Crippen LogP contribution in [0.4, 0.5) is 0 Å². The van der Waals surface area contributed by atoms with Crippen LogP contribution in [0.2, 0.25) is 0 Å². The van der Waals surface area contributed by atoms with E-state index in [0.717, 1.165) is 43.0 Å². The van der Waals surface area contributed by atoms with Crippen molar-refractivity contribution >= 4 is 12.9 Å². The third kappa shape index (κ3) is 7.67. The minimum atomic E-state index is 0.274.